The zero-order valence-electron chi connectivity index (χ0n) is 7.90. The van der Waals surface area contributed by atoms with Crippen molar-refractivity contribution in [2.24, 2.45) is 0 Å². The molecule has 82 valence electrons. The average molecular weight is 248 g/mol. The van der Waals surface area contributed by atoms with Crippen LogP contribution in [0.4, 0.5) is 4.79 Å². The van der Waals surface area contributed by atoms with Gasteiger partial charge in [0.15, 0.2) is 0 Å². The van der Waals surface area contributed by atoms with Gasteiger partial charge in [-0.25, -0.2) is 4.79 Å². The minimum Gasteiger partial charge on any atom is -0.449 e. The van der Waals surface area contributed by atoms with E-state index >= 15 is 0 Å². The Hall–Kier alpha value is -0.930. The van der Waals surface area contributed by atoms with E-state index in [1.807, 2.05) is 24.3 Å². The first-order valence-corrected chi connectivity index (χ1v) is 4.82. The normalized spacial score (nSPS) is 19.8. The van der Waals surface area contributed by atoms with Crippen molar-refractivity contribution in [3.63, 3.8) is 0 Å². The molecule has 0 aromatic heterocycles. The summed E-state index contributed by atoms with van der Waals surface area (Å²) in [7, 11) is 0. The maximum atomic E-state index is 11.0. The number of halogens is 2. The molecule has 1 aliphatic heterocycles. The van der Waals surface area contributed by atoms with Gasteiger partial charge in [0.05, 0.1) is 12.6 Å². The summed E-state index contributed by atoms with van der Waals surface area (Å²) in [4.78, 5) is 11.0. The predicted molar refractivity (Wildman–Crippen MR) is 60.5 cm³/mol. The lowest BCUT2D eigenvalue weighted by molar-refractivity contribution is 0.115. The maximum absolute atomic E-state index is 11.0. The van der Waals surface area contributed by atoms with Gasteiger partial charge in [0, 0.05) is 11.4 Å². The van der Waals surface area contributed by atoms with Crippen LogP contribution in [0.5, 0.6) is 0 Å². The third-order valence-corrected chi connectivity index (χ3v) is 2.42. The summed E-state index contributed by atoms with van der Waals surface area (Å²) >= 11 is 5.86. The molecular formula is C10H11Cl2NO2. The molecule has 1 amide bonds. The monoisotopic (exact) mass is 247 g/mol. The zero-order chi connectivity index (χ0) is 9.97. The van der Waals surface area contributed by atoms with Gasteiger partial charge in [-0.05, 0) is 17.7 Å². The van der Waals surface area contributed by atoms with Crippen molar-refractivity contribution in [1.29, 1.82) is 0 Å². The third kappa shape index (κ3) is 3.01. The molecule has 1 atom stereocenters. The van der Waals surface area contributed by atoms with E-state index in [4.69, 9.17) is 16.3 Å². The van der Waals surface area contributed by atoms with Crippen LogP contribution in [0.1, 0.15) is 18.0 Å². The number of hydrogen-bond donors (Lipinski definition) is 1. The quantitative estimate of drug-likeness (QED) is 0.829. The number of carbonyl (C=O) groups is 1. The number of amides is 1. The number of alkyl carbamates (subject to hydrolysis) is 1. The van der Waals surface area contributed by atoms with Gasteiger partial charge >= 0.3 is 6.09 Å². The summed E-state index contributed by atoms with van der Waals surface area (Å²) in [5.74, 6) is 0. The van der Waals surface area contributed by atoms with E-state index in [9.17, 15) is 4.79 Å². The SMILES string of the molecule is Cl.O=C1N[C@H](c2cccc(Cl)c2)CCO1. The molecule has 0 radical (unpaired) electrons. The number of cyclic esters (lactones) is 1. The molecule has 0 spiro atoms. The largest absolute Gasteiger partial charge is 0.449 e. The van der Waals surface area contributed by atoms with E-state index < -0.39 is 0 Å². The number of ether oxygens (including phenoxy) is 1. The Morgan fingerprint density at radius 3 is 2.93 bits per heavy atom. The summed E-state index contributed by atoms with van der Waals surface area (Å²) in [6.07, 6.45) is 0.424. The van der Waals surface area contributed by atoms with Crippen LogP contribution in [0.25, 0.3) is 0 Å². The minimum atomic E-state index is -0.360. The molecule has 1 N–H and O–H groups in total. The lowest BCUT2D eigenvalue weighted by Crippen LogP contribution is -2.35. The van der Waals surface area contributed by atoms with Crippen LogP contribution in [0, 0.1) is 0 Å². The van der Waals surface area contributed by atoms with E-state index in [0.717, 1.165) is 12.0 Å². The Kier molecular flexibility index (Phi) is 4.24. The number of carbonyl (C=O) groups excluding carboxylic acids is 1. The topological polar surface area (TPSA) is 38.3 Å². The van der Waals surface area contributed by atoms with E-state index in [-0.39, 0.29) is 24.5 Å². The van der Waals surface area contributed by atoms with Gasteiger partial charge in [-0.3, -0.25) is 0 Å². The van der Waals surface area contributed by atoms with E-state index in [2.05, 4.69) is 5.32 Å². The first kappa shape index (κ1) is 12.1. The predicted octanol–water partition coefficient (Wildman–Crippen LogP) is 2.93. The fraction of sp³-hybridized carbons (Fsp3) is 0.300. The van der Waals surface area contributed by atoms with Crippen LogP contribution < -0.4 is 5.32 Å². The van der Waals surface area contributed by atoms with Gasteiger partial charge in [-0.2, -0.15) is 0 Å². The summed E-state index contributed by atoms with van der Waals surface area (Å²) in [6.45, 7) is 0.461. The molecule has 1 aromatic carbocycles. The molecule has 15 heavy (non-hydrogen) atoms. The first-order valence-electron chi connectivity index (χ1n) is 4.44. The fourth-order valence-electron chi connectivity index (χ4n) is 1.50. The standard InChI is InChI=1S/C10H10ClNO2.ClH/c11-8-3-1-2-7(6-8)9-4-5-14-10(13)12-9;/h1-3,6,9H,4-5H2,(H,12,13);1H/t9-;/m0./s1. The fourth-order valence-corrected chi connectivity index (χ4v) is 1.70. The molecule has 1 aromatic rings. The van der Waals surface area contributed by atoms with E-state index in [0.29, 0.717) is 11.6 Å². The average Bonchev–Trinajstić information content (AvgIpc) is 2.18. The van der Waals surface area contributed by atoms with Crippen LogP contribution in [0.15, 0.2) is 24.3 Å². The highest BCUT2D eigenvalue weighted by molar-refractivity contribution is 6.30. The zero-order valence-corrected chi connectivity index (χ0v) is 9.48. The molecule has 1 fully saturated rings. The van der Waals surface area contributed by atoms with Crippen LogP contribution >= 0.6 is 24.0 Å². The van der Waals surface area contributed by atoms with Crippen molar-refractivity contribution in [2.45, 2.75) is 12.5 Å². The highest BCUT2D eigenvalue weighted by Gasteiger charge is 2.20. The van der Waals surface area contributed by atoms with Gasteiger partial charge in [0.2, 0.25) is 0 Å². The molecule has 1 heterocycles. The van der Waals surface area contributed by atoms with Gasteiger partial charge in [0.25, 0.3) is 0 Å². The lowest BCUT2D eigenvalue weighted by atomic mass is 10.0. The molecule has 1 saturated heterocycles. The second-order valence-corrected chi connectivity index (χ2v) is 3.61. The van der Waals surface area contributed by atoms with Crippen molar-refractivity contribution in [3.8, 4) is 0 Å². The Balaban J connectivity index is 0.00000112. The molecule has 3 nitrogen and oxygen atoms in total. The summed E-state index contributed by atoms with van der Waals surface area (Å²) in [5.41, 5.74) is 1.02. The molecule has 0 saturated carbocycles. The molecule has 0 unspecified atom stereocenters. The second kappa shape index (κ2) is 5.24. The highest BCUT2D eigenvalue weighted by atomic mass is 35.5. The third-order valence-electron chi connectivity index (χ3n) is 2.18. The number of hydrogen-bond acceptors (Lipinski definition) is 2. The van der Waals surface area contributed by atoms with Crippen molar-refractivity contribution < 1.29 is 9.53 Å². The molecule has 0 bridgehead atoms. The van der Waals surface area contributed by atoms with Gasteiger partial charge < -0.3 is 10.1 Å². The number of rotatable bonds is 1. The van der Waals surface area contributed by atoms with Crippen LogP contribution in [0.2, 0.25) is 5.02 Å². The molecule has 5 heteroatoms. The molecular weight excluding hydrogens is 237 g/mol. The summed E-state index contributed by atoms with van der Waals surface area (Å²) < 4.78 is 4.78. The smallest absolute Gasteiger partial charge is 0.407 e. The van der Waals surface area contributed by atoms with Crippen molar-refractivity contribution in [3.05, 3.63) is 34.9 Å². The minimum absolute atomic E-state index is 0. The highest BCUT2D eigenvalue weighted by Crippen LogP contribution is 2.22. The number of benzene rings is 1. The first-order chi connectivity index (χ1) is 6.75. The van der Waals surface area contributed by atoms with Crippen LogP contribution in [-0.4, -0.2) is 12.7 Å². The van der Waals surface area contributed by atoms with Crippen LogP contribution in [0.3, 0.4) is 0 Å². The van der Waals surface area contributed by atoms with E-state index in [1.165, 1.54) is 0 Å². The van der Waals surface area contributed by atoms with Crippen molar-refractivity contribution in [2.75, 3.05) is 6.61 Å². The van der Waals surface area contributed by atoms with E-state index in [1.54, 1.807) is 0 Å². The Bertz CT molecular complexity index is 357. The Labute approximate surface area is 99.2 Å². The Morgan fingerprint density at radius 2 is 2.27 bits per heavy atom. The molecule has 1 aliphatic rings. The van der Waals surface area contributed by atoms with Crippen LogP contribution in [-0.2, 0) is 4.74 Å². The Morgan fingerprint density at radius 1 is 1.47 bits per heavy atom. The molecule has 0 aliphatic carbocycles. The van der Waals surface area contributed by atoms with Crippen molar-refractivity contribution >= 4 is 30.1 Å². The second-order valence-electron chi connectivity index (χ2n) is 3.18. The van der Waals surface area contributed by atoms with Gasteiger partial charge in [0.1, 0.15) is 0 Å². The van der Waals surface area contributed by atoms with Gasteiger partial charge in [-0.15, -0.1) is 12.4 Å². The number of nitrogens with one attached hydrogen (secondary N) is 1. The maximum Gasteiger partial charge on any atom is 0.407 e. The van der Waals surface area contributed by atoms with Gasteiger partial charge in [-0.1, -0.05) is 23.7 Å². The molecule has 2 rings (SSSR count). The summed E-state index contributed by atoms with van der Waals surface area (Å²) in [6, 6.07) is 7.51. The van der Waals surface area contributed by atoms with Crippen molar-refractivity contribution in [1.82, 2.24) is 5.32 Å². The summed E-state index contributed by atoms with van der Waals surface area (Å²) in [5, 5.41) is 3.42. The lowest BCUT2D eigenvalue weighted by Gasteiger charge is -2.23.